The van der Waals surface area contributed by atoms with Gasteiger partial charge in [-0.3, -0.25) is 0 Å². The van der Waals surface area contributed by atoms with Crippen LogP contribution in [0.15, 0.2) is 35.8 Å². The zero-order valence-electron chi connectivity index (χ0n) is 13.0. The molecule has 0 amide bonds. The first-order valence-electron chi connectivity index (χ1n) is 6.94. The molecule has 0 aliphatic rings. The number of pyridine rings is 2. The summed E-state index contributed by atoms with van der Waals surface area (Å²) in [5.41, 5.74) is 2.64. The molecular formula is C16H16N4O2S. The largest absolute Gasteiger partial charge is 0.491 e. The lowest BCUT2D eigenvalue weighted by Gasteiger charge is -2.07. The van der Waals surface area contributed by atoms with E-state index in [1.807, 2.05) is 36.6 Å². The van der Waals surface area contributed by atoms with Crippen molar-refractivity contribution in [1.29, 1.82) is 0 Å². The molecule has 0 fully saturated rings. The van der Waals surface area contributed by atoms with Gasteiger partial charge in [0.1, 0.15) is 11.5 Å². The van der Waals surface area contributed by atoms with E-state index in [2.05, 4.69) is 20.3 Å². The number of nitrogens with zero attached hydrogens (tertiary/aromatic N) is 3. The average molecular weight is 328 g/mol. The van der Waals surface area contributed by atoms with Crippen LogP contribution in [0.5, 0.6) is 11.6 Å². The Hall–Kier alpha value is -2.67. The molecule has 6 nitrogen and oxygen atoms in total. The van der Waals surface area contributed by atoms with Gasteiger partial charge in [-0.15, -0.1) is 11.3 Å². The highest BCUT2D eigenvalue weighted by Crippen LogP contribution is 2.30. The molecule has 0 saturated heterocycles. The Balaban J connectivity index is 1.84. The maximum absolute atomic E-state index is 5.23. The second kappa shape index (κ2) is 6.62. The van der Waals surface area contributed by atoms with Crippen LogP contribution in [0.1, 0.15) is 5.56 Å². The summed E-state index contributed by atoms with van der Waals surface area (Å²) in [7, 11) is 3.14. The number of ether oxygens (including phenoxy) is 2. The number of methoxy groups -OCH3 is 2. The molecule has 1 N–H and O–H groups in total. The first-order valence-corrected chi connectivity index (χ1v) is 7.82. The number of aryl methyl sites for hydroxylation is 1. The first kappa shape index (κ1) is 15.2. The molecular weight excluding hydrogens is 312 g/mol. The van der Waals surface area contributed by atoms with Crippen LogP contribution in [0.25, 0.3) is 11.4 Å². The number of hydrogen-bond donors (Lipinski definition) is 1. The van der Waals surface area contributed by atoms with Crippen LogP contribution < -0.4 is 14.8 Å². The van der Waals surface area contributed by atoms with Crippen molar-refractivity contribution in [1.82, 2.24) is 15.0 Å². The third kappa shape index (κ3) is 3.40. The van der Waals surface area contributed by atoms with Crippen molar-refractivity contribution in [3.63, 3.8) is 0 Å². The highest BCUT2D eigenvalue weighted by atomic mass is 32.1. The van der Waals surface area contributed by atoms with E-state index in [0.29, 0.717) is 11.6 Å². The number of nitrogens with one attached hydrogen (secondary N) is 1. The van der Waals surface area contributed by atoms with E-state index in [9.17, 15) is 0 Å². The van der Waals surface area contributed by atoms with Crippen LogP contribution in [-0.4, -0.2) is 29.2 Å². The molecule has 0 aliphatic carbocycles. The summed E-state index contributed by atoms with van der Waals surface area (Å²) in [5, 5.41) is 5.89. The highest BCUT2D eigenvalue weighted by Gasteiger charge is 2.11. The molecule has 0 aliphatic heterocycles. The molecule has 0 radical (unpaired) electrons. The quantitative estimate of drug-likeness (QED) is 0.770. The van der Waals surface area contributed by atoms with Crippen molar-refractivity contribution in [2.75, 3.05) is 19.5 Å². The smallest absolute Gasteiger partial charge is 0.257 e. The molecule has 0 spiro atoms. The topological polar surface area (TPSA) is 69.2 Å². The Kier molecular flexibility index (Phi) is 4.38. The number of hydrogen-bond acceptors (Lipinski definition) is 7. The lowest BCUT2D eigenvalue weighted by molar-refractivity contribution is 0.343. The Morgan fingerprint density at radius 3 is 2.65 bits per heavy atom. The number of anilines is 2. The van der Waals surface area contributed by atoms with Gasteiger partial charge in [-0.25, -0.2) is 15.0 Å². The van der Waals surface area contributed by atoms with Crippen molar-refractivity contribution >= 4 is 22.3 Å². The molecule has 118 valence electrons. The monoisotopic (exact) mass is 328 g/mol. The second-order valence-corrected chi connectivity index (χ2v) is 5.65. The Morgan fingerprint density at radius 2 is 1.91 bits per heavy atom. The summed E-state index contributed by atoms with van der Waals surface area (Å²) in [6, 6.07) is 7.59. The van der Waals surface area contributed by atoms with Gasteiger partial charge in [0, 0.05) is 11.6 Å². The Morgan fingerprint density at radius 1 is 1.04 bits per heavy atom. The second-order valence-electron chi connectivity index (χ2n) is 4.79. The third-order valence-electron chi connectivity index (χ3n) is 3.16. The van der Waals surface area contributed by atoms with E-state index in [4.69, 9.17) is 9.47 Å². The molecule has 7 heteroatoms. The predicted molar refractivity (Wildman–Crippen MR) is 90.7 cm³/mol. The average Bonchev–Trinajstić information content (AvgIpc) is 3.02. The SMILES string of the molecule is COc1ccc(-c2csc(Nc3cc(C)ccn3)n2)nc1OC. The van der Waals surface area contributed by atoms with Gasteiger partial charge in [0.25, 0.3) is 5.88 Å². The molecule has 3 aromatic rings. The Labute approximate surface area is 138 Å². The molecule has 0 saturated carbocycles. The fraction of sp³-hybridized carbons (Fsp3) is 0.188. The summed E-state index contributed by atoms with van der Waals surface area (Å²) in [4.78, 5) is 13.2. The van der Waals surface area contributed by atoms with E-state index in [1.165, 1.54) is 11.3 Å². The lowest BCUT2D eigenvalue weighted by atomic mass is 10.3. The first-order chi connectivity index (χ1) is 11.2. The minimum atomic E-state index is 0.438. The van der Waals surface area contributed by atoms with Gasteiger partial charge in [0.2, 0.25) is 0 Å². The van der Waals surface area contributed by atoms with E-state index in [1.54, 1.807) is 20.4 Å². The molecule has 0 aromatic carbocycles. The molecule has 3 rings (SSSR count). The zero-order valence-corrected chi connectivity index (χ0v) is 13.8. The molecule has 0 bridgehead atoms. The van der Waals surface area contributed by atoms with E-state index in [-0.39, 0.29) is 0 Å². The van der Waals surface area contributed by atoms with Gasteiger partial charge in [0.15, 0.2) is 10.9 Å². The van der Waals surface area contributed by atoms with Crippen molar-refractivity contribution in [3.05, 3.63) is 41.4 Å². The van der Waals surface area contributed by atoms with Gasteiger partial charge in [-0.2, -0.15) is 0 Å². The van der Waals surface area contributed by atoms with Crippen LogP contribution in [0.2, 0.25) is 0 Å². The van der Waals surface area contributed by atoms with Crippen LogP contribution >= 0.6 is 11.3 Å². The number of aromatic nitrogens is 3. The van der Waals surface area contributed by atoms with E-state index >= 15 is 0 Å². The van der Waals surface area contributed by atoms with Gasteiger partial charge < -0.3 is 14.8 Å². The van der Waals surface area contributed by atoms with Crippen molar-refractivity contribution in [2.24, 2.45) is 0 Å². The summed E-state index contributed by atoms with van der Waals surface area (Å²) in [5.74, 6) is 1.80. The number of thiazole rings is 1. The maximum Gasteiger partial charge on any atom is 0.257 e. The van der Waals surface area contributed by atoms with Crippen molar-refractivity contribution < 1.29 is 9.47 Å². The maximum atomic E-state index is 5.23. The Bertz CT molecular complexity index is 819. The summed E-state index contributed by atoms with van der Waals surface area (Å²) in [6.45, 7) is 2.02. The van der Waals surface area contributed by atoms with Gasteiger partial charge in [-0.05, 0) is 36.8 Å². The standard InChI is InChI=1S/C16H16N4O2S/c1-10-6-7-17-14(8-10)20-16-19-12(9-23-16)11-4-5-13(21-2)15(18-11)22-3/h4-9H,1-3H3,(H,17,19,20). The molecule has 23 heavy (non-hydrogen) atoms. The fourth-order valence-electron chi connectivity index (χ4n) is 2.03. The van der Waals surface area contributed by atoms with Crippen LogP contribution in [0.3, 0.4) is 0 Å². The summed E-state index contributed by atoms with van der Waals surface area (Å²) >= 11 is 1.49. The van der Waals surface area contributed by atoms with E-state index < -0.39 is 0 Å². The fourth-order valence-corrected chi connectivity index (χ4v) is 2.75. The lowest BCUT2D eigenvalue weighted by Crippen LogP contribution is -1.96. The predicted octanol–water partition coefficient (Wildman–Crippen LogP) is 3.67. The van der Waals surface area contributed by atoms with Gasteiger partial charge in [-0.1, -0.05) is 0 Å². The van der Waals surface area contributed by atoms with Gasteiger partial charge in [0.05, 0.1) is 19.9 Å². The minimum Gasteiger partial charge on any atom is -0.491 e. The number of rotatable bonds is 5. The highest BCUT2D eigenvalue weighted by molar-refractivity contribution is 7.14. The van der Waals surface area contributed by atoms with Crippen molar-refractivity contribution in [3.8, 4) is 23.0 Å². The molecule has 0 atom stereocenters. The third-order valence-corrected chi connectivity index (χ3v) is 3.91. The van der Waals surface area contributed by atoms with E-state index in [0.717, 1.165) is 27.9 Å². The molecule has 0 unspecified atom stereocenters. The molecule has 3 aromatic heterocycles. The normalized spacial score (nSPS) is 10.4. The summed E-state index contributed by atoms with van der Waals surface area (Å²) < 4.78 is 10.4. The minimum absolute atomic E-state index is 0.438. The van der Waals surface area contributed by atoms with Crippen molar-refractivity contribution in [2.45, 2.75) is 6.92 Å². The zero-order chi connectivity index (χ0) is 16.2. The molecule has 3 heterocycles. The van der Waals surface area contributed by atoms with Crippen LogP contribution in [0, 0.1) is 6.92 Å². The van der Waals surface area contributed by atoms with Crippen LogP contribution in [-0.2, 0) is 0 Å². The van der Waals surface area contributed by atoms with Crippen LogP contribution in [0.4, 0.5) is 10.9 Å². The van der Waals surface area contributed by atoms with Gasteiger partial charge >= 0.3 is 0 Å². The summed E-state index contributed by atoms with van der Waals surface area (Å²) in [6.07, 6.45) is 1.77.